The van der Waals surface area contributed by atoms with Gasteiger partial charge in [-0.25, -0.2) is 0 Å². The molecule has 27 heavy (non-hydrogen) atoms. The zero-order valence-corrected chi connectivity index (χ0v) is 18.1. The molecule has 0 bridgehead atoms. The van der Waals surface area contributed by atoms with E-state index in [1.807, 2.05) is 0 Å². The van der Waals surface area contributed by atoms with Crippen LogP contribution >= 0.6 is 0 Å². The van der Waals surface area contributed by atoms with Crippen molar-refractivity contribution in [1.82, 2.24) is 0 Å². The molecule has 4 nitrogen and oxygen atoms in total. The highest BCUT2D eigenvalue weighted by Gasteiger charge is 2.05. The van der Waals surface area contributed by atoms with Crippen LogP contribution in [0.1, 0.15) is 123 Å². The quantitative estimate of drug-likeness (QED) is 0.172. The molecule has 0 aliphatic carbocycles. The summed E-state index contributed by atoms with van der Waals surface area (Å²) < 4.78 is 10.4. The molecule has 0 aromatic rings. The number of ether oxygens (including phenoxy) is 2. The molecule has 4 heteroatoms. The van der Waals surface area contributed by atoms with Crippen molar-refractivity contribution in [2.45, 2.75) is 123 Å². The van der Waals surface area contributed by atoms with E-state index in [0.717, 1.165) is 51.4 Å². The van der Waals surface area contributed by atoms with Gasteiger partial charge >= 0.3 is 11.9 Å². The molecule has 160 valence electrons. The number of rotatable bonds is 20. The molecule has 0 aliphatic rings. The molecular formula is C23H44O4. The first-order valence-electron chi connectivity index (χ1n) is 11.5. The minimum Gasteiger partial charge on any atom is -0.466 e. The van der Waals surface area contributed by atoms with Crippen LogP contribution in [-0.4, -0.2) is 25.2 Å². The van der Waals surface area contributed by atoms with Gasteiger partial charge in [-0.1, -0.05) is 84.5 Å². The third kappa shape index (κ3) is 21.1. The summed E-state index contributed by atoms with van der Waals surface area (Å²) in [7, 11) is 0. The maximum absolute atomic E-state index is 11.7. The highest BCUT2D eigenvalue weighted by Crippen LogP contribution is 2.10. The average molecular weight is 385 g/mol. The fourth-order valence-electron chi connectivity index (χ4n) is 3.00. The lowest BCUT2D eigenvalue weighted by Gasteiger charge is -2.06. The lowest BCUT2D eigenvalue weighted by molar-refractivity contribution is -0.144. The molecule has 0 aromatic heterocycles. The summed E-state index contributed by atoms with van der Waals surface area (Å²) in [6.07, 6.45) is 18.0. The van der Waals surface area contributed by atoms with E-state index >= 15 is 0 Å². The second-order valence-electron chi connectivity index (χ2n) is 7.54. The van der Waals surface area contributed by atoms with Crippen LogP contribution < -0.4 is 0 Å². The number of carbonyl (C=O) groups is 2. The Balaban J connectivity index is 3.27. The van der Waals surface area contributed by atoms with Crippen molar-refractivity contribution in [2.24, 2.45) is 0 Å². The number of unbranched alkanes of at least 4 members (excludes halogenated alkanes) is 12. The van der Waals surface area contributed by atoms with Crippen molar-refractivity contribution in [2.75, 3.05) is 13.2 Å². The summed E-state index contributed by atoms with van der Waals surface area (Å²) in [5, 5.41) is 0. The Morgan fingerprint density at radius 2 is 0.815 bits per heavy atom. The van der Waals surface area contributed by atoms with E-state index in [-0.39, 0.29) is 11.9 Å². The summed E-state index contributed by atoms with van der Waals surface area (Å²) in [5.41, 5.74) is 0. The van der Waals surface area contributed by atoms with Crippen LogP contribution in [0.15, 0.2) is 0 Å². The van der Waals surface area contributed by atoms with Gasteiger partial charge in [0.1, 0.15) is 0 Å². The van der Waals surface area contributed by atoms with Crippen LogP contribution in [0, 0.1) is 0 Å². The first kappa shape index (κ1) is 25.9. The molecule has 0 unspecified atom stereocenters. The van der Waals surface area contributed by atoms with E-state index < -0.39 is 0 Å². The highest BCUT2D eigenvalue weighted by atomic mass is 16.5. The Morgan fingerprint density at radius 1 is 0.481 bits per heavy atom. The van der Waals surface area contributed by atoms with Gasteiger partial charge in [-0.2, -0.15) is 0 Å². The molecule has 0 spiro atoms. The molecule has 0 aromatic carbocycles. The average Bonchev–Trinajstić information content (AvgIpc) is 2.66. The van der Waals surface area contributed by atoms with E-state index in [4.69, 9.17) is 9.47 Å². The third-order valence-corrected chi connectivity index (χ3v) is 4.78. The molecular weight excluding hydrogens is 340 g/mol. The summed E-state index contributed by atoms with van der Waals surface area (Å²) in [4.78, 5) is 23.2. The number of esters is 2. The number of hydrogen-bond donors (Lipinski definition) is 0. The molecule has 0 rings (SSSR count). The Bertz CT molecular complexity index is 341. The van der Waals surface area contributed by atoms with E-state index in [0.29, 0.717) is 26.1 Å². The van der Waals surface area contributed by atoms with Crippen LogP contribution in [-0.2, 0) is 19.1 Å². The molecule has 0 atom stereocenters. The normalized spacial score (nSPS) is 10.7. The number of carbonyl (C=O) groups excluding carboxylic acids is 2. The van der Waals surface area contributed by atoms with Gasteiger partial charge in [0.05, 0.1) is 13.2 Å². The highest BCUT2D eigenvalue weighted by molar-refractivity contribution is 5.69. The summed E-state index contributed by atoms with van der Waals surface area (Å²) >= 11 is 0. The van der Waals surface area contributed by atoms with Gasteiger partial charge < -0.3 is 9.47 Å². The molecule has 0 saturated carbocycles. The zero-order valence-electron chi connectivity index (χ0n) is 18.1. The Labute approximate surface area is 167 Å². The van der Waals surface area contributed by atoms with Gasteiger partial charge in [0.15, 0.2) is 0 Å². The largest absolute Gasteiger partial charge is 0.466 e. The molecule has 0 aliphatic heterocycles. The van der Waals surface area contributed by atoms with Crippen molar-refractivity contribution in [3.05, 3.63) is 0 Å². The monoisotopic (exact) mass is 384 g/mol. The van der Waals surface area contributed by atoms with Gasteiger partial charge in [-0.3, -0.25) is 9.59 Å². The minimum atomic E-state index is -0.112. The SMILES string of the molecule is CCCCCCCCCCCOC(=O)CCCCCC(=O)OCCCCC. The van der Waals surface area contributed by atoms with Crippen LogP contribution in [0.4, 0.5) is 0 Å². The fraction of sp³-hybridized carbons (Fsp3) is 0.913. The van der Waals surface area contributed by atoms with Crippen LogP contribution in [0.25, 0.3) is 0 Å². The van der Waals surface area contributed by atoms with Crippen molar-refractivity contribution in [3.8, 4) is 0 Å². The molecule has 0 amide bonds. The maximum atomic E-state index is 11.7. The third-order valence-electron chi connectivity index (χ3n) is 4.78. The van der Waals surface area contributed by atoms with Crippen molar-refractivity contribution in [1.29, 1.82) is 0 Å². The Kier molecular flexibility index (Phi) is 20.4. The fourth-order valence-corrected chi connectivity index (χ4v) is 3.00. The maximum Gasteiger partial charge on any atom is 0.305 e. The van der Waals surface area contributed by atoms with Crippen LogP contribution in [0.5, 0.6) is 0 Å². The standard InChI is InChI=1S/C23H44O4/c1-3-5-7-8-9-10-11-12-17-21-27-23(25)19-15-13-14-18-22(24)26-20-16-6-4-2/h3-21H2,1-2H3. The van der Waals surface area contributed by atoms with E-state index in [2.05, 4.69) is 13.8 Å². The predicted octanol–water partition coefficient (Wildman–Crippen LogP) is 6.74. The Morgan fingerprint density at radius 3 is 1.30 bits per heavy atom. The molecule has 0 heterocycles. The van der Waals surface area contributed by atoms with E-state index in [1.165, 1.54) is 44.9 Å². The lowest BCUT2D eigenvalue weighted by atomic mass is 10.1. The van der Waals surface area contributed by atoms with Gasteiger partial charge in [-0.05, 0) is 25.7 Å². The first-order chi connectivity index (χ1) is 13.2. The van der Waals surface area contributed by atoms with Gasteiger partial charge in [0.2, 0.25) is 0 Å². The van der Waals surface area contributed by atoms with Gasteiger partial charge in [-0.15, -0.1) is 0 Å². The molecule has 0 N–H and O–H groups in total. The zero-order chi connectivity index (χ0) is 20.0. The molecule has 0 radical (unpaired) electrons. The van der Waals surface area contributed by atoms with E-state index in [9.17, 15) is 9.59 Å². The molecule has 0 saturated heterocycles. The van der Waals surface area contributed by atoms with Gasteiger partial charge in [0.25, 0.3) is 0 Å². The molecule has 0 fully saturated rings. The van der Waals surface area contributed by atoms with Crippen LogP contribution in [0.2, 0.25) is 0 Å². The minimum absolute atomic E-state index is 0.100. The van der Waals surface area contributed by atoms with Crippen LogP contribution in [0.3, 0.4) is 0 Å². The summed E-state index contributed by atoms with van der Waals surface area (Å²) in [6.45, 7) is 5.47. The van der Waals surface area contributed by atoms with Gasteiger partial charge in [0, 0.05) is 12.8 Å². The van der Waals surface area contributed by atoms with Crippen molar-refractivity contribution in [3.63, 3.8) is 0 Å². The Hall–Kier alpha value is -1.06. The first-order valence-corrected chi connectivity index (χ1v) is 11.5. The number of hydrogen-bond acceptors (Lipinski definition) is 4. The predicted molar refractivity (Wildman–Crippen MR) is 112 cm³/mol. The van der Waals surface area contributed by atoms with Crippen molar-refractivity contribution < 1.29 is 19.1 Å². The van der Waals surface area contributed by atoms with E-state index in [1.54, 1.807) is 0 Å². The smallest absolute Gasteiger partial charge is 0.305 e. The second kappa shape index (κ2) is 21.2. The topological polar surface area (TPSA) is 52.6 Å². The second-order valence-corrected chi connectivity index (χ2v) is 7.54. The lowest BCUT2D eigenvalue weighted by Crippen LogP contribution is -2.07. The summed E-state index contributed by atoms with van der Waals surface area (Å²) in [5.74, 6) is -0.212. The summed E-state index contributed by atoms with van der Waals surface area (Å²) in [6, 6.07) is 0. The van der Waals surface area contributed by atoms with Crippen molar-refractivity contribution >= 4 is 11.9 Å².